The van der Waals surface area contributed by atoms with Crippen LogP contribution in [0.5, 0.6) is 0 Å². The normalized spacial score (nSPS) is 17.0. The number of nitrogens with one attached hydrogen (secondary N) is 2. The molecule has 1 saturated carbocycles. The summed E-state index contributed by atoms with van der Waals surface area (Å²) in [5.41, 5.74) is 1.14. The topological polar surface area (TPSA) is 24.1 Å². The van der Waals surface area contributed by atoms with Gasteiger partial charge in [0, 0.05) is 29.8 Å². The highest BCUT2D eigenvalue weighted by Gasteiger charge is 2.11. The molecule has 0 aliphatic heterocycles. The van der Waals surface area contributed by atoms with Gasteiger partial charge in [-0.1, -0.05) is 30.9 Å². The van der Waals surface area contributed by atoms with Gasteiger partial charge in [0.2, 0.25) is 0 Å². The van der Waals surface area contributed by atoms with E-state index in [1.807, 2.05) is 24.3 Å². The van der Waals surface area contributed by atoms with Gasteiger partial charge in [-0.2, -0.15) is 0 Å². The Morgan fingerprint density at radius 1 is 1.00 bits per heavy atom. The minimum atomic E-state index is 0.746. The molecule has 1 fully saturated rings. The zero-order valence-corrected chi connectivity index (χ0v) is 11.0. The maximum Gasteiger partial charge on any atom is 0.0407 e. The Balaban J connectivity index is 1.60. The standard InChI is InChI=1S/C14H21ClN2/c15-12-6-8-14(9-7-12)17-11-10-16-13-4-2-1-3-5-13/h6-9,13,16-17H,1-5,10-11H2. The Hall–Kier alpha value is -0.730. The van der Waals surface area contributed by atoms with Crippen molar-refractivity contribution in [3.63, 3.8) is 0 Å². The largest absolute Gasteiger partial charge is 0.384 e. The van der Waals surface area contributed by atoms with E-state index >= 15 is 0 Å². The zero-order valence-electron chi connectivity index (χ0n) is 10.2. The number of hydrogen-bond acceptors (Lipinski definition) is 2. The van der Waals surface area contributed by atoms with Crippen LogP contribution in [0.1, 0.15) is 32.1 Å². The molecule has 0 saturated heterocycles. The molecule has 0 aromatic heterocycles. The molecule has 1 aliphatic rings. The number of hydrogen-bond donors (Lipinski definition) is 2. The van der Waals surface area contributed by atoms with Crippen LogP contribution >= 0.6 is 11.6 Å². The number of anilines is 1. The fourth-order valence-corrected chi connectivity index (χ4v) is 2.48. The van der Waals surface area contributed by atoms with E-state index in [9.17, 15) is 0 Å². The third-order valence-electron chi connectivity index (χ3n) is 3.34. The Bertz CT molecular complexity index is 317. The zero-order chi connectivity index (χ0) is 11.9. The Labute approximate surface area is 109 Å². The summed E-state index contributed by atoms with van der Waals surface area (Å²) < 4.78 is 0. The maximum absolute atomic E-state index is 5.83. The lowest BCUT2D eigenvalue weighted by molar-refractivity contribution is 0.378. The van der Waals surface area contributed by atoms with Crippen LogP contribution in [0.25, 0.3) is 0 Å². The van der Waals surface area contributed by atoms with Gasteiger partial charge in [-0.05, 0) is 37.1 Å². The van der Waals surface area contributed by atoms with Crippen LogP contribution in [0.3, 0.4) is 0 Å². The van der Waals surface area contributed by atoms with Crippen LogP contribution in [0, 0.1) is 0 Å². The van der Waals surface area contributed by atoms with Gasteiger partial charge in [-0.15, -0.1) is 0 Å². The van der Waals surface area contributed by atoms with Crippen molar-refractivity contribution in [2.24, 2.45) is 0 Å². The molecule has 0 unspecified atom stereocenters. The highest BCUT2D eigenvalue weighted by Crippen LogP contribution is 2.17. The lowest BCUT2D eigenvalue weighted by Crippen LogP contribution is -2.34. The molecule has 1 aromatic rings. The summed E-state index contributed by atoms with van der Waals surface area (Å²) in [4.78, 5) is 0. The van der Waals surface area contributed by atoms with Crippen LogP contribution in [-0.2, 0) is 0 Å². The summed E-state index contributed by atoms with van der Waals surface area (Å²) in [6.07, 6.45) is 6.90. The van der Waals surface area contributed by atoms with Gasteiger partial charge in [0.05, 0.1) is 0 Å². The average Bonchev–Trinajstić information content (AvgIpc) is 2.38. The summed E-state index contributed by atoms with van der Waals surface area (Å²) in [6, 6.07) is 8.61. The number of halogens is 1. The molecular formula is C14H21ClN2. The van der Waals surface area contributed by atoms with E-state index in [4.69, 9.17) is 11.6 Å². The molecule has 0 heterocycles. The van der Waals surface area contributed by atoms with Gasteiger partial charge in [-0.25, -0.2) is 0 Å². The second kappa shape index (κ2) is 6.87. The van der Waals surface area contributed by atoms with Crippen molar-refractivity contribution in [3.05, 3.63) is 29.3 Å². The van der Waals surface area contributed by atoms with Crippen molar-refractivity contribution < 1.29 is 0 Å². The van der Waals surface area contributed by atoms with Gasteiger partial charge in [-0.3, -0.25) is 0 Å². The second-order valence-corrected chi connectivity index (χ2v) is 5.16. The summed E-state index contributed by atoms with van der Waals surface area (Å²) in [5, 5.41) is 7.79. The number of rotatable bonds is 5. The van der Waals surface area contributed by atoms with E-state index in [2.05, 4.69) is 10.6 Å². The van der Waals surface area contributed by atoms with E-state index in [0.717, 1.165) is 29.8 Å². The third kappa shape index (κ3) is 4.57. The molecule has 0 radical (unpaired) electrons. The molecule has 0 spiro atoms. The molecular weight excluding hydrogens is 232 g/mol. The monoisotopic (exact) mass is 252 g/mol. The van der Waals surface area contributed by atoms with Crippen molar-refractivity contribution in [2.45, 2.75) is 38.1 Å². The first-order valence-corrected chi connectivity index (χ1v) is 6.95. The van der Waals surface area contributed by atoms with Gasteiger partial charge < -0.3 is 10.6 Å². The van der Waals surface area contributed by atoms with Crippen molar-refractivity contribution >= 4 is 17.3 Å². The third-order valence-corrected chi connectivity index (χ3v) is 3.59. The fraction of sp³-hybridized carbons (Fsp3) is 0.571. The Morgan fingerprint density at radius 3 is 2.41 bits per heavy atom. The molecule has 0 amide bonds. The van der Waals surface area contributed by atoms with E-state index < -0.39 is 0 Å². The molecule has 2 nitrogen and oxygen atoms in total. The summed E-state index contributed by atoms with van der Waals surface area (Å²) >= 11 is 5.83. The highest BCUT2D eigenvalue weighted by atomic mass is 35.5. The molecule has 1 aliphatic carbocycles. The van der Waals surface area contributed by atoms with E-state index in [1.54, 1.807) is 0 Å². The smallest absolute Gasteiger partial charge is 0.0407 e. The lowest BCUT2D eigenvalue weighted by atomic mass is 9.95. The van der Waals surface area contributed by atoms with Crippen LogP contribution in [0.2, 0.25) is 5.02 Å². The maximum atomic E-state index is 5.83. The highest BCUT2D eigenvalue weighted by molar-refractivity contribution is 6.30. The minimum Gasteiger partial charge on any atom is -0.384 e. The quantitative estimate of drug-likeness (QED) is 0.782. The Morgan fingerprint density at radius 2 is 1.71 bits per heavy atom. The first-order chi connectivity index (χ1) is 8.34. The van der Waals surface area contributed by atoms with Crippen LogP contribution in [0.4, 0.5) is 5.69 Å². The first kappa shape index (κ1) is 12.7. The molecule has 2 N–H and O–H groups in total. The second-order valence-electron chi connectivity index (χ2n) is 4.72. The summed E-state index contributed by atoms with van der Waals surface area (Å²) in [7, 11) is 0. The molecule has 0 atom stereocenters. The molecule has 17 heavy (non-hydrogen) atoms. The number of benzene rings is 1. The molecule has 2 rings (SSSR count). The van der Waals surface area contributed by atoms with E-state index in [0.29, 0.717) is 0 Å². The van der Waals surface area contributed by atoms with Crippen LogP contribution < -0.4 is 10.6 Å². The van der Waals surface area contributed by atoms with E-state index in [1.165, 1.54) is 32.1 Å². The van der Waals surface area contributed by atoms with Crippen molar-refractivity contribution in [2.75, 3.05) is 18.4 Å². The molecule has 0 bridgehead atoms. The lowest BCUT2D eigenvalue weighted by Gasteiger charge is -2.22. The summed E-state index contributed by atoms with van der Waals surface area (Å²) in [6.45, 7) is 2.01. The molecule has 1 aromatic carbocycles. The minimum absolute atomic E-state index is 0.746. The average molecular weight is 253 g/mol. The van der Waals surface area contributed by atoms with Gasteiger partial charge in [0.1, 0.15) is 0 Å². The van der Waals surface area contributed by atoms with E-state index in [-0.39, 0.29) is 0 Å². The SMILES string of the molecule is Clc1ccc(NCCNC2CCCCC2)cc1. The first-order valence-electron chi connectivity index (χ1n) is 6.57. The molecule has 3 heteroatoms. The Kier molecular flexibility index (Phi) is 5.14. The van der Waals surface area contributed by atoms with Crippen LogP contribution in [-0.4, -0.2) is 19.1 Å². The van der Waals surface area contributed by atoms with Gasteiger partial charge in [0.25, 0.3) is 0 Å². The predicted octanol–water partition coefficient (Wildman–Crippen LogP) is 3.67. The van der Waals surface area contributed by atoms with Gasteiger partial charge in [0.15, 0.2) is 0 Å². The van der Waals surface area contributed by atoms with Gasteiger partial charge >= 0.3 is 0 Å². The predicted molar refractivity (Wildman–Crippen MR) is 74.8 cm³/mol. The van der Waals surface area contributed by atoms with Crippen molar-refractivity contribution in [3.8, 4) is 0 Å². The molecule has 94 valence electrons. The van der Waals surface area contributed by atoms with Crippen molar-refractivity contribution in [1.82, 2.24) is 5.32 Å². The van der Waals surface area contributed by atoms with Crippen LogP contribution in [0.15, 0.2) is 24.3 Å². The fourth-order valence-electron chi connectivity index (χ4n) is 2.36. The van der Waals surface area contributed by atoms with Crippen molar-refractivity contribution in [1.29, 1.82) is 0 Å². The summed E-state index contributed by atoms with van der Waals surface area (Å²) in [5.74, 6) is 0.